The quantitative estimate of drug-likeness (QED) is 0.765. The van der Waals surface area contributed by atoms with Crippen LogP contribution >= 0.6 is 0 Å². The van der Waals surface area contributed by atoms with Crippen molar-refractivity contribution in [1.82, 2.24) is 15.0 Å². The second kappa shape index (κ2) is 5.28. The van der Waals surface area contributed by atoms with Gasteiger partial charge in [-0.05, 0) is 36.2 Å². The number of aromatic nitrogens is 3. The largest absolute Gasteiger partial charge is 0.350 e. The number of hydrogen-bond acceptors (Lipinski definition) is 3. The molecule has 3 rings (SSSR count). The first-order valence-corrected chi connectivity index (χ1v) is 6.58. The van der Waals surface area contributed by atoms with E-state index in [9.17, 15) is 4.39 Å². The number of rotatable bonds is 4. The van der Waals surface area contributed by atoms with E-state index in [0.29, 0.717) is 18.0 Å². The van der Waals surface area contributed by atoms with Gasteiger partial charge in [-0.15, -0.1) is 0 Å². The molecule has 0 bridgehead atoms. The van der Waals surface area contributed by atoms with Crippen molar-refractivity contribution in [3.05, 3.63) is 53.6 Å². The second-order valence-corrected chi connectivity index (χ2v) is 4.56. The van der Waals surface area contributed by atoms with Crippen LogP contribution in [-0.2, 0) is 13.0 Å². The zero-order valence-electron chi connectivity index (χ0n) is 11.2. The number of pyridine rings is 1. The summed E-state index contributed by atoms with van der Waals surface area (Å²) in [6.07, 6.45) is 2.72. The highest BCUT2D eigenvalue weighted by atomic mass is 19.1. The van der Waals surface area contributed by atoms with Gasteiger partial charge in [-0.1, -0.05) is 13.0 Å². The summed E-state index contributed by atoms with van der Waals surface area (Å²) in [6, 6.07) is 8.50. The predicted octanol–water partition coefficient (Wildman–Crippen LogP) is 3.27. The highest BCUT2D eigenvalue weighted by molar-refractivity contribution is 5.77. The van der Waals surface area contributed by atoms with Crippen molar-refractivity contribution in [2.75, 3.05) is 5.32 Å². The third-order valence-electron chi connectivity index (χ3n) is 3.23. The van der Waals surface area contributed by atoms with Crippen molar-refractivity contribution >= 4 is 17.0 Å². The van der Waals surface area contributed by atoms with Gasteiger partial charge in [0.2, 0.25) is 5.95 Å². The lowest BCUT2D eigenvalue weighted by atomic mass is 10.1. The Balaban J connectivity index is 1.79. The van der Waals surface area contributed by atoms with Crippen LogP contribution in [0.4, 0.5) is 10.3 Å². The van der Waals surface area contributed by atoms with Crippen LogP contribution in [0.3, 0.4) is 0 Å². The summed E-state index contributed by atoms with van der Waals surface area (Å²) in [6.45, 7) is 2.69. The topological polar surface area (TPSA) is 53.6 Å². The Hall–Kier alpha value is -2.43. The molecule has 0 saturated heterocycles. The minimum Gasteiger partial charge on any atom is -0.350 e. The highest BCUT2D eigenvalue weighted by Gasteiger charge is 2.05. The first-order chi connectivity index (χ1) is 9.76. The third-order valence-corrected chi connectivity index (χ3v) is 3.23. The molecule has 0 aliphatic carbocycles. The van der Waals surface area contributed by atoms with Crippen LogP contribution in [-0.4, -0.2) is 15.0 Å². The van der Waals surface area contributed by atoms with E-state index in [-0.39, 0.29) is 5.82 Å². The molecule has 0 saturated carbocycles. The number of anilines is 1. The lowest BCUT2D eigenvalue weighted by molar-refractivity contribution is 0.629. The third kappa shape index (κ3) is 2.47. The van der Waals surface area contributed by atoms with Crippen LogP contribution in [0.2, 0.25) is 0 Å². The summed E-state index contributed by atoms with van der Waals surface area (Å²) in [4.78, 5) is 11.8. The standard InChI is InChI=1S/C15H15FN4/c1-2-10-4-3-7-17-14(10)9-18-15-19-12-6-5-11(16)8-13(12)20-15/h3-8H,2,9H2,1H3,(H2,18,19,20). The molecular formula is C15H15FN4. The first kappa shape index (κ1) is 12.6. The van der Waals surface area contributed by atoms with E-state index in [1.165, 1.54) is 17.7 Å². The normalized spacial score (nSPS) is 10.9. The Labute approximate surface area is 116 Å². The summed E-state index contributed by atoms with van der Waals surface area (Å²) in [5.41, 5.74) is 3.64. The van der Waals surface area contributed by atoms with Gasteiger partial charge in [0.25, 0.3) is 0 Å². The number of aryl methyl sites for hydroxylation is 1. The zero-order valence-corrected chi connectivity index (χ0v) is 11.2. The number of nitrogens with zero attached hydrogens (tertiary/aromatic N) is 2. The maximum absolute atomic E-state index is 13.1. The Kier molecular flexibility index (Phi) is 3.33. The fraction of sp³-hybridized carbons (Fsp3) is 0.200. The van der Waals surface area contributed by atoms with Crippen LogP contribution in [0.5, 0.6) is 0 Å². The number of aromatic amines is 1. The van der Waals surface area contributed by atoms with Gasteiger partial charge in [0.05, 0.1) is 23.3 Å². The summed E-state index contributed by atoms with van der Waals surface area (Å²) >= 11 is 0. The average molecular weight is 270 g/mol. The molecular weight excluding hydrogens is 255 g/mol. The van der Waals surface area contributed by atoms with E-state index in [1.54, 1.807) is 12.3 Å². The number of hydrogen-bond donors (Lipinski definition) is 2. The highest BCUT2D eigenvalue weighted by Crippen LogP contribution is 2.16. The van der Waals surface area contributed by atoms with Crippen LogP contribution in [0.25, 0.3) is 11.0 Å². The van der Waals surface area contributed by atoms with Crippen LogP contribution in [0.1, 0.15) is 18.2 Å². The summed E-state index contributed by atoms with van der Waals surface area (Å²) in [5.74, 6) is 0.351. The molecule has 3 aromatic rings. The average Bonchev–Trinajstić information content (AvgIpc) is 2.87. The molecule has 2 aromatic heterocycles. The predicted molar refractivity (Wildman–Crippen MR) is 77.0 cm³/mol. The van der Waals surface area contributed by atoms with Gasteiger partial charge < -0.3 is 10.3 Å². The number of halogens is 1. The fourth-order valence-corrected chi connectivity index (χ4v) is 2.19. The molecule has 0 fully saturated rings. The maximum atomic E-state index is 13.1. The molecule has 102 valence electrons. The molecule has 2 N–H and O–H groups in total. The Morgan fingerprint density at radius 3 is 3.05 bits per heavy atom. The van der Waals surface area contributed by atoms with Crippen LogP contribution in [0.15, 0.2) is 36.5 Å². The van der Waals surface area contributed by atoms with Crippen LogP contribution < -0.4 is 5.32 Å². The zero-order chi connectivity index (χ0) is 13.9. The molecule has 4 nitrogen and oxygen atoms in total. The summed E-state index contributed by atoms with van der Waals surface area (Å²) < 4.78 is 13.1. The fourth-order valence-electron chi connectivity index (χ4n) is 2.19. The van der Waals surface area contributed by atoms with Crippen molar-refractivity contribution in [3.63, 3.8) is 0 Å². The van der Waals surface area contributed by atoms with E-state index in [4.69, 9.17) is 0 Å². The molecule has 1 aromatic carbocycles. The summed E-state index contributed by atoms with van der Waals surface area (Å²) in [5, 5.41) is 3.19. The van der Waals surface area contributed by atoms with Crippen molar-refractivity contribution < 1.29 is 4.39 Å². The first-order valence-electron chi connectivity index (χ1n) is 6.58. The Morgan fingerprint density at radius 1 is 1.30 bits per heavy atom. The lowest BCUT2D eigenvalue weighted by Crippen LogP contribution is -2.05. The van der Waals surface area contributed by atoms with Gasteiger partial charge in [-0.3, -0.25) is 4.98 Å². The number of fused-ring (bicyclic) bond motifs is 1. The molecule has 0 aliphatic heterocycles. The van der Waals surface area contributed by atoms with Gasteiger partial charge in [0.1, 0.15) is 5.82 Å². The number of benzene rings is 1. The monoisotopic (exact) mass is 270 g/mol. The molecule has 0 radical (unpaired) electrons. The van der Waals surface area contributed by atoms with Crippen molar-refractivity contribution in [2.45, 2.75) is 19.9 Å². The van der Waals surface area contributed by atoms with Crippen molar-refractivity contribution in [1.29, 1.82) is 0 Å². The molecule has 0 amide bonds. The molecule has 0 spiro atoms. The Morgan fingerprint density at radius 2 is 2.20 bits per heavy atom. The second-order valence-electron chi connectivity index (χ2n) is 4.56. The molecule has 0 atom stereocenters. The van der Waals surface area contributed by atoms with Crippen LogP contribution in [0, 0.1) is 5.82 Å². The molecule has 2 heterocycles. The lowest BCUT2D eigenvalue weighted by Gasteiger charge is -2.06. The van der Waals surface area contributed by atoms with E-state index < -0.39 is 0 Å². The molecule has 20 heavy (non-hydrogen) atoms. The van der Waals surface area contributed by atoms with E-state index in [2.05, 4.69) is 33.3 Å². The van der Waals surface area contributed by atoms with E-state index in [0.717, 1.165) is 17.6 Å². The number of H-pyrrole nitrogens is 1. The van der Waals surface area contributed by atoms with Gasteiger partial charge in [0, 0.05) is 6.20 Å². The van der Waals surface area contributed by atoms with Crippen molar-refractivity contribution in [2.24, 2.45) is 0 Å². The van der Waals surface area contributed by atoms with E-state index >= 15 is 0 Å². The summed E-state index contributed by atoms with van der Waals surface area (Å²) in [7, 11) is 0. The van der Waals surface area contributed by atoms with E-state index in [1.807, 2.05) is 6.07 Å². The minimum atomic E-state index is -0.273. The van der Waals surface area contributed by atoms with Gasteiger partial charge in [-0.25, -0.2) is 9.37 Å². The maximum Gasteiger partial charge on any atom is 0.201 e. The Bertz CT molecular complexity index is 736. The van der Waals surface area contributed by atoms with Gasteiger partial charge >= 0.3 is 0 Å². The molecule has 0 unspecified atom stereocenters. The number of nitrogens with one attached hydrogen (secondary N) is 2. The number of imidazole rings is 1. The minimum absolute atomic E-state index is 0.273. The molecule has 0 aliphatic rings. The smallest absolute Gasteiger partial charge is 0.201 e. The van der Waals surface area contributed by atoms with Gasteiger partial charge in [0.15, 0.2) is 0 Å². The van der Waals surface area contributed by atoms with Crippen molar-refractivity contribution in [3.8, 4) is 0 Å². The SMILES string of the molecule is CCc1cccnc1CNc1nc2ccc(F)cc2[nH]1. The molecule has 5 heteroatoms. The van der Waals surface area contributed by atoms with Gasteiger partial charge in [-0.2, -0.15) is 0 Å².